The van der Waals surface area contributed by atoms with Crippen LogP contribution in [0.4, 0.5) is 9.59 Å². The number of rotatable bonds is 14. The average molecular weight is 604 g/mol. The van der Waals surface area contributed by atoms with Crippen molar-refractivity contribution < 1.29 is 33.7 Å². The van der Waals surface area contributed by atoms with E-state index < -0.39 is 30.2 Å². The van der Waals surface area contributed by atoms with E-state index in [4.69, 9.17) is 19.3 Å². The third-order valence-electron chi connectivity index (χ3n) is 7.40. The molecule has 3 aromatic carbocycles. The van der Waals surface area contributed by atoms with Crippen LogP contribution < -0.4 is 20.1 Å². The first-order valence-electron chi connectivity index (χ1n) is 14.9. The Kier molecular flexibility index (Phi) is 11.5. The van der Waals surface area contributed by atoms with Crippen molar-refractivity contribution >= 4 is 18.1 Å². The van der Waals surface area contributed by atoms with Gasteiger partial charge in [-0.2, -0.15) is 0 Å². The molecule has 0 spiro atoms. The van der Waals surface area contributed by atoms with Crippen molar-refractivity contribution in [3.8, 4) is 11.5 Å². The van der Waals surface area contributed by atoms with Gasteiger partial charge < -0.3 is 30.0 Å². The topological polar surface area (TPSA) is 126 Å². The van der Waals surface area contributed by atoms with Gasteiger partial charge >= 0.3 is 18.1 Å². The van der Waals surface area contributed by atoms with E-state index in [2.05, 4.69) is 10.6 Å². The number of nitrogens with one attached hydrogen (secondary N) is 2. The molecule has 234 valence electrons. The quantitative estimate of drug-likeness (QED) is 0.203. The van der Waals surface area contributed by atoms with Crippen LogP contribution >= 0.6 is 0 Å². The molecule has 1 heterocycles. The standard InChI is InChI=1S/C34H41N3O7/c1-4-5-6-28(36-33(40)35-18-17-31(38)39)21-42-34(41)37(20-25-11-7-23(2)8-12-25)32(26-13-9-24(3)10-14-26)27-15-16-29-30(19-27)44-22-43-29/h7-16,19,28,32H,4-6,17-18,20-22H2,1-3H3,(H,38,39)(H2,35,36,40)/t28-,32?/m0/s1. The van der Waals surface area contributed by atoms with Gasteiger partial charge in [0.15, 0.2) is 11.5 Å². The number of urea groups is 1. The first-order chi connectivity index (χ1) is 21.2. The maximum atomic E-state index is 14.1. The van der Waals surface area contributed by atoms with Gasteiger partial charge in [-0.1, -0.05) is 85.5 Å². The van der Waals surface area contributed by atoms with E-state index in [1.54, 1.807) is 4.90 Å². The van der Waals surface area contributed by atoms with Crippen molar-refractivity contribution in [2.45, 2.75) is 65.1 Å². The summed E-state index contributed by atoms with van der Waals surface area (Å²) in [5, 5.41) is 14.2. The Hall–Kier alpha value is -4.73. The molecule has 0 aliphatic carbocycles. The monoisotopic (exact) mass is 603 g/mol. The fourth-order valence-electron chi connectivity index (χ4n) is 4.96. The van der Waals surface area contributed by atoms with Crippen LogP contribution in [0.3, 0.4) is 0 Å². The number of unbranched alkanes of at least 4 members (excludes halogenated alkanes) is 1. The summed E-state index contributed by atoms with van der Waals surface area (Å²) in [5.41, 5.74) is 4.87. The minimum atomic E-state index is -0.999. The molecule has 0 aromatic heterocycles. The highest BCUT2D eigenvalue weighted by Gasteiger charge is 2.30. The zero-order chi connectivity index (χ0) is 31.5. The summed E-state index contributed by atoms with van der Waals surface area (Å²) in [6, 6.07) is 20.3. The Labute approximate surface area is 258 Å². The molecule has 0 radical (unpaired) electrons. The smallest absolute Gasteiger partial charge is 0.410 e. The summed E-state index contributed by atoms with van der Waals surface area (Å²) in [5.74, 6) is 0.262. The normalized spacial score (nSPS) is 13.1. The molecule has 2 atom stereocenters. The molecule has 10 heteroatoms. The number of carboxylic acid groups (broad SMARTS) is 1. The summed E-state index contributed by atoms with van der Waals surface area (Å²) in [4.78, 5) is 39.0. The third-order valence-corrected chi connectivity index (χ3v) is 7.40. The molecule has 1 unspecified atom stereocenters. The van der Waals surface area contributed by atoms with Crippen molar-refractivity contribution in [2.24, 2.45) is 0 Å². The predicted molar refractivity (Wildman–Crippen MR) is 166 cm³/mol. The zero-order valence-corrected chi connectivity index (χ0v) is 25.5. The Bertz CT molecular complexity index is 1410. The Balaban J connectivity index is 1.62. The number of hydrogen-bond acceptors (Lipinski definition) is 6. The van der Waals surface area contributed by atoms with Gasteiger partial charge in [0.2, 0.25) is 6.79 Å². The number of carbonyl (C=O) groups is 3. The number of nitrogens with zero attached hydrogens (tertiary/aromatic N) is 1. The second-order valence-electron chi connectivity index (χ2n) is 11.0. The van der Waals surface area contributed by atoms with Crippen LogP contribution in [0.25, 0.3) is 0 Å². The molecule has 0 saturated heterocycles. The molecule has 10 nitrogen and oxygen atoms in total. The molecule has 3 N–H and O–H groups in total. The number of benzene rings is 3. The van der Waals surface area contributed by atoms with Gasteiger partial charge in [0.25, 0.3) is 0 Å². The van der Waals surface area contributed by atoms with Gasteiger partial charge in [-0.15, -0.1) is 0 Å². The van der Waals surface area contributed by atoms with Gasteiger partial charge in [-0.3, -0.25) is 9.69 Å². The van der Waals surface area contributed by atoms with E-state index in [9.17, 15) is 14.4 Å². The molecule has 0 saturated carbocycles. The lowest BCUT2D eigenvalue weighted by atomic mass is 9.95. The van der Waals surface area contributed by atoms with Crippen LogP contribution in [0.5, 0.6) is 11.5 Å². The van der Waals surface area contributed by atoms with Crippen LogP contribution in [0.2, 0.25) is 0 Å². The number of fused-ring (bicyclic) bond motifs is 1. The molecule has 1 aliphatic heterocycles. The molecule has 3 aromatic rings. The van der Waals surface area contributed by atoms with Crippen LogP contribution in [0, 0.1) is 13.8 Å². The number of carboxylic acids is 1. The minimum absolute atomic E-state index is 0.000454. The lowest BCUT2D eigenvalue weighted by molar-refractivity contribution is -0.136. The van der Waals surface area contributed by atoms with Crippen LogP contribution in [-0.4, -0.2) is 54.1 Å². The summed E-state index contributed by atoms with van der Waals surface area (Å²) < 4.78 is 17.2. The van der Waals surface area contributed by atoms with E-state index in [1.165, 1.54) is 0 Å². The highest BCUT2D eigenvalue weighted by atomic mass is 16.7. The third kappa shape index (κ3) is 9.13. The number of aryl methyl sites for hydroxylation is 2. The maximum absolute atomic E-state index is 14.1. The average Bonchev–Trinajstić information content (AvgIpc) is 3.48. The Morgan fingerprint density at radius 3 is 2.27 bits per heavy atom. The molecule has 4 rings (SSSR count). The van der Waals surface area contributed by atoms with Crippen molar-refractivity contribution in [2.75, 3.05) is 19.9 Å². The second-order valence-corrected chi connectivity index (χ2v) is 11.0. The molecule has 44 heavy (non-hydrogen) atoms. The molecule has 1 aliphatic rings. The number of amides is 3. The first-order valence-corrected chi connectivity index (χ1v) is 14.9. The van der Waals surface area contributed by atoms with Gasteiger partial charge in [0.05, 0.1) is 18.5 Å². The van der Waals surface area contributed by atoms with Crippen LogP contribution in [0.15, 0.2) is 66.7 Å². The summed E-state index contributed by atoms with van der Waals surface area (Å²) >= 11 is 0. The SMILES string of the molecule is CCCC[C@@H](COC(=O)N(Cc1ccc(C)cc1)C(c1ccc(C)cc1)c1ccc2c(c1)OCO2)NC(=O)NCCC(=O)O. The molecule has 0 bridgehead atoms. The Morgan fingerprint density at radius 2 is 1.59 bits per heavy atom. The number of hydrogen-bond donors (Lipinski definition) is 3. The number of ether oxygens (including phenoxy) is 3. The van der Waals surface area contributed by atoms with E-state index in [0.717, 1.165) is 40.7 Å². The van der Waals surface area contributed by atoms with Crippen molar-refractivity contribution in [3.63, 3.8) is 0 Å². The molecule has 0 fully saturated rings. The molecule has 3 amide bonds. The molecular formula is C34H41N3O7. The van der Waals surface area contributed by atoms with Crippen molar-refractivity contribution in [1.82, 2.24) is 15.5 Å². The maximum Gasteiger partial charge on any atom is 0.410 e. The van der Waals surface area contributed by atoms with E-state index >= 15 is 0 Å². The molecular weight excluding hydrogens is 562 g/mol. The van der Waals surface area contributed by atoms with Gasteiger partial charge in [0.1, 0.15) is 6.61 Å². The fourth-order valence-corrected chi connectivity index (χ4v) is 4.96. The summed E-state index contributed by atoms with van der Waals surface area (Å²) in [6.45, 7) is 6.43. The number of carbonyl (C=O) groups excluding carboxylic acids is 2. The van der Waals surface area contributed by atoms with E-state index in [-0.39, 0.29) is 32.9 Å². The number of aliphatic carboxylic acids is 1. The van der Waals surface area contributed by atoms with Gasteiger partial charge in [-0.05, 0) is 49.1 Å². The second kappa shape index (κ2) is 15.7. The summed E-state index contributed by atoms with van der Waals surface area (Å²) in [7, 11) is 0. The minimum Gasteiger partial charge on any atom is -0.481 e. The Morgan fingerprint density at radius 1 is 0.932 bits per heavy atom. The lowest BCUT2D eigenvalue weighted by Gasteiger charge is -2.33. The van der Waals surface area contributed by atoms with E-state index in [1.807, 2.05) is 87.5 Å². The van der Waals surface area contributed by atoms with Crippen molar-refractivity contribution in [1.29, 1.82) is 0 Å². The summed E-state index contributed by atoms with van der Waals surface area (Å²) in [6.07, 6.45) is 1.58. The fraction of sp³-hybridized carbons (Fsp3) is 0.382. The lowest BCUT2D eigenvalue weighted by Crippen LogP contribution is -2.46. The van der Waals surface area contributed by atoms with Gasteiger partial charge in [0, 0.05) is 13.1 Å². The first kappa shape index (κ1) is 32.2. The van der Waals surface area contributed by atoms with Crippen LogP contribution in [0.1, 0.15) is 66.5 Å². The largest absolute Gasteiger partial charge is 0.481 e. The van der Waals surface area contributed by atoms with Crippen molar-refractivity contribution in [3.05, 3.63) is 94.5 Å². The van der Waals surface area contributed by atoms with Crippen LogP contribution in [-0.2, 0) is 16.1 Å². The highest BCUT2D eigenvalue weighted by Crippen LogP contribution is 2.38. The highest BCUT2D eigenvalue weighted by molar-refractivity contribution is 5.75. The van der Waals surface area contributed by atoms with Gasteiger partial charge in [-0.25, -0.2) is 9.59 Å². The predicted octanol–water partition coefficient (Wildman–Crippen LogP) is 6.09. The van der Waals surface area contributed by atoms with E-state index in [0.29, 0.717) is 17.9 Å². The zero-order valence-electron chi connectivity index (χ0n) is 25.5.